The number of hydrogen-bond donors (Lipinski definition) is 3. The van der Waals surface area contributed by atoms with Crippen molar-refractivity contribution in [3.63, 3.8) is 0 Å². The van der Waals surface area contributed by atoms with Gasteiger partial charge in [0.2, 0.25) is 5.91 Å². The zero-order valence-corrected chi connectivity index (χ0v) is 14.1. The summed E-state index contributed by atoms with van der Waals surface area (Å²) in [7, 11) is 0. The van der Waals surface area contributed by atoms with Crippen LogP contribution in [0.25, 0.3) is 0 Å². The molecule has 1 unspecified atom stereocenters. The summed E-state index contributed by atoms with van der Waals surface area (Å²) >= 11 is 1.19. The second-order valence-corrected chi connectivity index (χ2v) is 6.55. The molecule has 1 amide bonds. The number of rotatable bonds is 6. The predicted octanol–water partition coefficient (Wildman–Crippen LogP) is 3.52. The van der Waals surface area contributed by atoms with Gasteiger partial charge in [0.25, 0.3) is 0 Å². The van der Waals surface area contributed by atoms with Gasteiger partial charge in [-0.3, -0.25) is 4.79 Å². The number of aryl methyl sites for hydroxylation is 1. The Bertz CT molecular complexity index is 772. The molecule has 24 heavy (non-hydrogen) atoms. The molecule has 128 valence electrons. The Balaban J connectivity index is 2.14. The molecule has 5 nitrogen and oxygen atoms in total. The summed E-state index contributed by atoms with van der Waals surface area (Å²) in [4.78, 5) is 24.4. The van der Waals surface area contributed by atoms with Gasteiger partial charge in [0.05, 0.1) is 18.1 Å². The number of carbonyl (C=O) groups is 2. The maximum atomic E-state index is 13.2. The molecule has 3 N–H and O–H groups in total. The number of aliphatic hydroxyl groups excluding tert-OH is 1. The van der Waals surface area contributed by atoms with E-state index in [1.165, 1.54) is 29.5 Å². The van der Waals surface area contributed by atoms with Crippen LogP contribution < -0.4 is 5.32 Å². The number of carboxylic acid groups (broad SMARTS) is 1. The first kappa shape index (κ1) is 18.1. The fourth-order valence-electron chi connectivity index (χ4n) is 2.50. The van der Waals surface area contributed by atoms with Crippen molar-refractivity contribution in [2.24, 2.45) is 0 Å². The molecular weight excluding hydrogens is 333 g/mol. The van der Waals surface area contributed by atoms with E-state index in [1.54, 1.807) is 6.92 Å². The summed E-state index contributed by atoms with van der Waals surface area (Å²) in [6.45, 7) is 3.65. The molecule has 0 aliphatic heterocycles. The van der Waals surface area contributed by atoms with Crippen molar-refractivity contribution in [1.29, 1.82) is 0 Å². The first-order valence-electron chi connectivity index (χ1n) is 7.42. The Labute approximate surface area is 142 Å². The number of nitrogens with one attached hydrogen (secondary N) is 1. The normalized spacial score (nSPS) is 12.0. The van der Waals surface area contributed by atoms with E-state index in [2.05, 4.69) is 5.32 Å². The standard InChI is InChI=1S/C17H18FNO4S/c1-3-12-9(2)24-16(15(12)17(22)23)19-14(21)8-13(20)10-5-4-6-11(18)7-10/h4-7,13,20H,3,8H2,1-2H3,(H,19,21)(H,22,23). The lowest BCUT2D eigenvalue weighted by Gasteiger charge is -2.11. The highest BCUT2D eigenvalue weighted by molar-refractivity contribution is 7.16. The van der Waals surface area contributed by atoms with Gasteiger partial charge in [-0.05, 0) is 36.6 Å². The number of thiophene rings is 1. The van der Waals surface area contributed by atoms with Gasteiger partial charge < -0.3 is 15.5 Å². The number of aliphatic hydroxyl groups is 1. The molecule has 0 fully saturated rings. The fourth-order valence-corrected chi connectivity index (χ4v) is 3.66. The maximum Gasteiger partial charge on any atom is 0.339 e. The van der Waals surface area contributed by atoms with Crippen LogP contribution in [0.5, 0.6) is 0 Å². The molecule has 0 radical (unpaired) electrons. The minimum absolute atomic E-state index is 0.0913. The van der Waals surface area contributed by atoms with Gasteiger partial charge in [0.1, 0.15) is 10.8 Å². The van der Waals surface area contributed by atoms with Crippen LogP contribution in [-0.2, 0) is 11.2 Å². The number of carboxylic acids is 1. The summed E-state index contributed by atoms with van der Waals surface area (Å²) in [6.07, 6.45) is -0.909. The first-order valence-corrected chi connectivity index (χ1v) is 8.24. The zero-order chi connectivity index (χ0) is 17.9. The van der Waals surface area contributed by atoms with Gasteiger partial charge in [-0.2, -0.15) is 0 Å². The van der Waals surface area contributed by atoms with Crippen LogP contribution in [0.2, 0.25) is 0 Å². The first-order chi connectivity index (χ1) is 11.3. The van der Waals surface area contributed by atoms with E-state index in [-0.39, 0.29) is 17.0 Å². The molecule has 0 aliphatic carbocycles. The molecule has 1 atom stereocenters. The van der Waals surface area contributed by atoms with Crippen molar-refractivity contribution in [2.45, 2.75) is 32.8 Å². The molecule has 0 bridgehead atoms. The summed E-state index contributed by atoms with van der Waals surface area (Å²) in [5.41, 5.74) is 1.07. The Morgan fingerprint density at radius 3 is 2.67 bits per heavy atom. The van der Waals surface area contributed by atoms with Crippen LogP contribution in [-0.4, -0.2) is 22.1 Å². The van der Waals surface area contributed by atoms with Gasteiger partial charge >= 0.3 is 5.97 Å². The number of aromatic carboxylic acids is 1. The molecule has 2 rings (SSSR count). The van der Waals surface area contributed by atoms with E-state index in [0.29, 0.717) is 17.5 Å². The molecule has 0 spiro atoms. The lowest BCUT2D eigenvalue weighted by atomic mass is 10.1. The van der Waals surface area contributed by atoms with E-state index in [9.17, 15) is 24.2 Å². The predicted molar refractivity (Wildman–Crippen MR) is 90.0 cm³/mol. The van der Waals surface area contributed by atoms with Crippen LogP contribution in [0.3, 0.4) is 0 Å². The third-order valence-corrected chi connectivity index (χ3v) is 4.70. The van der Waals surface area contributed by atoms with Gasteiger partial charge in [-0.15, -0.1) is 11.3 Å². The van der Waals surface area contributed by atoms with Crippen molar-refractivity contribution in [2.75, 3.05) is 5.32 Å². The number of amides is 1. The quantitative estimate of drug-likeness (QED) is 0.743. The van der Waals surface area contributed by atoms with Crippen molar-refractivity contribution >= 4 is 28.2 Å². The average molecular weight is 351 g/mol. The lowest BCUT2D eigenvalue weighted by Crippen LogP contribution is -2.16. The summed E-state index contributed by atoms with van der Waals surface area (Å²) in [5, 5.41) is 22.2. The van der Waals surface area contributed by atoms with E-state index in [0.717, 1.165) is 10.9 Å². The summed E-state index contributed by atoms with van der Waals surface area (Å²) in [6, 6.07) is 5.37. The van der Waals surface area contributed by atoms with Crippen molar-refractivity contribution < 1.29 is 24.2 Å². The Hall–Kier alpha value is -2.25. The molecule has 0 saturated carbocycles. The Kier molecular flexibility index (Phi) is 5.69. The van der Waals surface area contributed by atoms with Crippen molar-refractivity contribution in [3.8, 4) is 0 Å². The van der Waals surface area contributed by atoms with Crippen LogP contribution in [0.4, 0.5) is 9.39 Å². The molecule has 0 saturated heterocycles. The van der Waals surface area contributed by atoms with E-state index < -0.39 is 23.8 Å². The second kappa shape index (κ2) is 7.55. The smallest absolute Gasteiger partial charge is 0.339 e. The van der Waals surface area contributed by atoms with Gasteiger partial charge in [0.15, 0.2) is 0 Å². The largest absolute Gasteiger partial charge is 0.478 e. The van der Waals surface area contributed by atoms with Crippen molar-refractivity contribution in [1.82, 2.24) is 0 Å². The highest BCUT2D eigenvalue weighted by Gasteiger charge is 2.23. The highest BCUT2D eigenvalue weighted by Crippen LogP contribution is 2.33. The Morgan fingerprint density at radius 2 is 2.08 bits per heavy atom. The molecule has 1 heterocycles. The van der Waals surface area contributed by atoms with Gasteiger partial charge in [-0.1, -0.05) is 19.1 Å². The number of carbonyl (C=O) groups excluding carboxylic acids is 1. The Morgan fingerprint density at radius 1 is 1.38 bits per heavy atom. The monoisotopic (exact) mass is 351 g/mol. The summed E-state index contributed by atoms with van der Waals surface area (Å²) in [5.74, 6) is -2.13. The number of anilines is 1. The topological polar surface area (TPSA) is 86.6 Å². The minimum Gasteiger partial charge on any atom is -0.478 e. The average Bonchev–Trinajstić information content (AvgIpc) is 2.82. The maximum absolute atomic E-state index is 13.2. The minimum atomic E-state index is -1.17. The van der Waals surface area contributed by atoms with Crippen LogP contribution in [0.1, 0.15) is 45.8 Å². The zero-order valence-electron chi connectivity index (χ0n) is 13.3. The molecule has 7 heteroatoms. The molecule has 2 aromatic rings. The molecule has 1 aromatic carbocycles. The number of benzene rings is 1. The van der Waals surface area contributed by atoms with E-state index >= 15 is 0 Å². The SMILES string of the molecule is CCc1c(C)sc(NC(=O)CC(O)c2cccc(F)c2)c1C(=O)O. The van der Waals surface area contributed by atoms with E-state index in [1.807, 2.05) is 6.92 Å². The van der Waals surface area contributed by atoms with Crippen LogP contribution in [0, 0.1) is 12.7 Å². The fraction of sp³-hybridized carbons (Fsp3) is 0.294. The molecule has 0 aliphatic rings. The van der Waals surface area contributed by atoms with E-state index in [4.69, 9.17) is 0 Å². The number of halogens is 1. The van der Waals surface area contributed by atoms with Gasteiger partial charge in [0, 0.05) is 4.88 Å². The summed E-state index contributed by atoms with van der Waals surface area (Å²) < 4.78 is 13.2. The molecule has 1 aromatic heterocycles. The third kappa shape index (κ3) is 3.98. The van der Waals surface area contributed by atoms with Crippen molar-refractivity contribution in [3.05, 3.63) is 51.7 Å². The third-order valence-electron chi connectivity index (χ3n) is 3.64. The highest BCUT2D eigenvalue weighted by atomic mass is 32.1. The lowest BCUT2D eigenvalue weighted by molar-refractivity contribution is -0.118. The van der Waals surface area contributed by atoms with Crippen LogP contribution >= 0.6 is 11.3 Å². The van der Waals surface area contributed by atoms with Gasteiger partial charge in [-0.25, -0.2) is 9.18 Å². The molecular formula is C17H18FNO4S. The second-order valence-electron chi connectivity index (χ2n) is 5.32. The van der Waals surface area contributed by atoms with Crippen LogP contribution in [0.15, 0.2) is 24.3 Å². The number of hydrogen-bond acceptors (Lipinski definition) is 4.